The monoisotopic (exact) mass is 312 g/mol. The lowest BCUT2D eigenvalue weighted by Crippen LogP contribution is -2.19. The van der Waals surface area contributed by atoms with Gasteiger partial charge >= 0.3 is 0 Å². The summed E-state index contributed by atoms with van der Waals surface area (Å²) in [6.07, 6.45) is 5.47. The topological polar surface area (TPSA) is 49.8 Å². The van der Waals surface area contributed by atoms with Gasteiger partial charge in [-0.05, 0) is 47.5 Å². The molecule has 1 saturated carbocycles. The normalized spacial score (nSPS) is 21.9. The van der Waals surface area contributed by atoms with Crippen LogP contribution in [-0.2, 0) is 0 Å². The van der Waals surface area contributed by atoms with Crippen LogP contribution in [0.25, 0.3) is 0 Å². The zero-order valence-electron chi connectivity index (χ0n) is 11.3. The first-order valence-electron chi connectivity index (χ1n) is 6.53. The average molecular weight is 313 g/mol. The minimum absolute atomic E-state index is 0.446. The van der Waals surface area contributed by atoms with Crippen LogP contribution in [0.4, 0.5) is 11.8 Å². The summed E-state index contributed by atoms with van der Waals surface area (Å²) in [6.45, 7) is 7.52. The lowest BCUT2D eigenvalue weighted by molar-refractivity contribution is 0.378. The van der Waals surface area contributed by atoms with Crippen molar-refractivity contribution in [3.63, 3.8) is 0 Å². The molecule has 5 heteroatoms. The molecule has 0 saturated heterocycles. The second-order valence-electron chi connectivity index (χ2n) is 5.67. The van der Waals surface area contributed by atoms with Gasteiger partial charge in [-0.3, -0.25) is 0 Å². The van der Waals surface area contributed by atoms with E-state index in [4.69, 9.17) is 0 Å². The van der Waals surface area contributed by atoms with Crippen molar-refractivity contribution in [2.75, 3.05) is 17.2 Å². The van der Waals surface area contributed by atoms with Crippen LogP contribution in [0.15, 0.2) is 10.7 Å². The number of nitrogens with one attached hydrogen (secondary N) is 2. The Morgan fingerprint density at radius 1 is 1.50 bits per heavy atom. The van der Waals surface area contributed by atoms with Crippen LogP contribution in [0.2, 0.25) is 0 Å². The Bertz CT molecular complexity index is 419. The molecule has 2 rings (SSSR count). The lowest BCUT2D eigenvalue weighted by atomic mass is 9.92. The molecule has 1 aromatic rings. The van der Waals surface area contributed by atoms with Gasteiger partial charge in [0.1, 0.15) is 5.82 Å². The maximum absolute atomic E-state index is 4.49. The molecule has 0 spiro atoms. The number of halogens is 1. The van der Waals surface area contributed by atoms with E-state index in [9.17, 15) is 0 Å². The zero-order chi connectivity index (χ0) is 13.2. The van der Waals surface area contributed by atoms with Crippen molar-refractivity contribution in [2.24, 2.45) is 5.41 Å². The van der Waals surface area contributed by atoms with E-state index in [1.54, 1.807) is 6.20 Å². The molecule has 0 amide bonds. The van der Waals surface area contributed by atoms with Crippen LogP contribution in [-0.4, -0.2) is 22.6 Å². The molecular weight excluding hydrogens is 292 g/mol. The predicted molar refractivity (Wildman–Crippen MR) is 78.9 cm³/mol. The molecule has 1 aromatic heterocycles. The Morgan fingerprint density at radius 3 is 2.89 bits per heavy atom. The van der Waals surface area contributed by atoms with Crippen LogP contribution in [0, 0.1) is 5.41 Å². The fourth-order valence-corrected chi connectivity index (χ4v) is 2.77. The van der Waals surface area contributed by atoms with E-state index in [0.717, 1.165) is 16.8 Å². The van der Waals surface area contributed by atoms with E-state index in [1.165, 1.54) is 19.3 Å². The number of aromatic nitrogens is 2. The second kappa shape index (κ2) is 5.43. The molecule has 1 aliphatic carbocycles. The fourth-order valence-electron chi connectivity index (χ4n) is 2.46. The van der Waals surface area contributed by atoms with Gasteiger partial charge in [0.05, 0.1) is 4.47 Å². The lowest BCUT2D eigenvalue weighted by Gasteiger charge is -2.19. The van der Waals surface area contributed by atoms with Crippen LogP contribution < -0.4 is 10.6 Å². The first-order chi connectivity index (χ1) is 8.50. The van der Waals surface area contributed by atoms with Gasteiger partial charge in [-0.25, -0.2) is 4.98 Å². The summed E-state index contributed by atoms with van der Waals surface area (Å²) < 4.78 is 0.925. The van der Waals surface area contributed by atoms with Crippen molar-refractivity contribution < 1.29 is 0 Å². The molecule has 0 radical (unpaired) electrons. The van der Waals surface area contributed by atoms with E-state index >= 15 is 0 Å². The maximum atomic E-state index is 4.49. The Hall–Kier alpha value is -0.840. The van der Waals surface area contributed by atoms with Gasteiger partial charge < -0.3 is 10.6 Å². The Balaban J connectivity index is 2.06. The zero-order valence-corrected chi connectivity index (χ0v) is 12.8. The Kier molecular flexibility index (Phi) is 4.10. The molecule has 1 heterocycles. The van der Waals surface area contributed by atoms with Gasteiger partial charge in [0, 0.05) is 18.8 Å². The van der Waals surface area contributed by atoms with Gasteiger partial charge in [-0.15, -0.1) is 0 Å². The van der Waals surface area contributed by atoms with Gasteiger partial charge in [0.25, 0.3) is 0 Å². The Labute approximate surface area is 117 Å². The highest BCUT2D eigenvalue weighted by Gasteiger charge is 2.31. The van der Waals surface area contributed by atoms with Crippen LogP contribution in [0.5, 0.6) is 0 Å². The van der Waals surface area contributed by atoms with Crippen LogP contribution in [0.3, 0.4) is 0 Å². The molecule has 2 N–H and O–H groups in total. The molecule has 0 aromatic carbocycles. The third kappa shape index (κ3) is 3.34. The molecule has 1 fully saturated rings. The minimum atomic E-state index is 0.446. The summed E-state index contributed by atoms with van der Waals surface area (Å²) in [6, 6.07) is 0.515. The van der Waals surface area contributed by atoms with Crippen molar-refractivity contribution in [3.05, 3.63) is 10.7 Å². The summed E-state index contributed by atoms with van der Waals surface area (Å²) >= 11 is 3.50. The van der Waals surface area contributed by atoms with Gasteiger partial charge in [0.15, 0.2) is 0 Å². The largest absolute Gasteiger partial charge is 0.366 e. The number of rotatable bonds is 4. The number of hydrogen-bond donors (Lipinski definition) is 2. The highest BCUT2D eigenvalue weighted by Crippen LogP contribution is 2.38. The summed E-state index contributed by atoms with van der Waals surface area (Å²) in [5, 5.41) is 6.66. The van der Waals surface area contributed by atoms with Gasteiger partial charge in [-0.2, -0.15) is 4.98 Å². The smallest absolute Gasteiger partial charge is 0.224 e. The molecule has 1 unspecified atom stereocenters. The van der Waals surface area contributed by atoms with Crippen LogP contribution >= 0.6 is 15.9 Å². The highest BCUT2D eigenvalue weighted by molar-refractivity contribution is 9.10. The molecular formula is C13H21BrN4. The molecule has 1 atom stereocenters. The Morgan fingerprint density at radius 2 is 2.28 bits per heavy atom. The number of anilines is 2. The van der Waals surface area contributed by atoms with Crippen molar-refractivity contribution in [3.8, 4) is 0 Å². The molecule has 4 nitrogen and oxygen atoms in total. The SMILES string of the molecule is CCNc1ncc(Br)c(NC2CCC(C)(C)C2)n1. The predicted octanol–water partition coefficient (Wildman–Crippen LogP) is 3.66. The first-order valence-corrected chi connectivity index (χ1v) is 7.32. The summed E-state index contributed by atoms with van der Waals surface area (Å²) in [5.41, 5.74) is 0.446. The van der Waals surface area contributed by atoms with E-state index in [1.807, 2.05) is 6.92 Å². The summed E-state index contributed by atoms with van der Waals surface area (Å²) in [5.74, 6) is 1.57. The molecule has 0 bridgehead atoms. The average Bonchev–Trinajstić information content (AvgIpc) is 2.63. The maximum Gasteiger partial charge on any atom is 0.224 e. The van der Waals surface area contributed by atoms with Gasteiger partial charge in [0.2, 0.25) is 5.95 Å². The summed E-state index contributed by atoms with van der Waals surface area (Å²) in [7, 11) is 0. The quantitative estimate of drug-likeness (QED) is 0.890. The van der Waals surface area contributed by atoms with Crippen molar-refractivity contribution in [2.45, 2.75) is 46.1 Å². The van der Waals surface area contributed by atoms with Crippen molar-refractivity contribution in [1.29, 1.82) is 0 Å². The molecule has 0 aliphatic heterocycles. The van der Waals surface area contributed by atoms with Crippen LogP contribution in [0.1, 0.15) is 40.0 Å². The molecule has 18 heavy (non-hydrogen) atoms. The third-order valence-corrected chi connectivity index (χ3v) is 3.97. The molecule has 100 valence electrons. The number of nitrogens with zero attached hydrogens (tertiary/aromatic N) is 2. The fraction of sp³-hybridized carbons (Fsp3) is 0.692. The minimum Gasteiger partial charge on any atom is -0.366 e. The third-order valence-electron chi connectivity index (χ3n) is 3.39. The van der Waals surface area contributed by atoms with E-state index in [2.05, 4.69) is 50.4 Å². The van der Waals surface area contributed by atoms with Crippen molar-refractivity contribution >= 4 is 27.7 Å². The molecule has 1 aliphatic rings. The van der Waals surface area contributed by atoms with Gasteiger partial charge in [-0.1, -0.05) is 13.8 Å². The van der Waals surface area contributed by atoms with Crippen molar-refractivity contribution in [1.82, 2.24) is 9.97 Å². The highest BCUT2D eigenvalue weighted by atomic mass is 79.9. The first kappa shape index (κ1) is 13.6. The second-order valence-corrected chi connectivity index (χ2v) is 6.52. The summed E-state index contributed by atoms with van der Waals surface area (Å²) in [4.78, 5) is 8.72. The number of hydrogen-bond acceptors (Lipinski definition) is 4. The van der Waals surface area contributed by atoms with E-state index in [-0.39, 0.29) is 0 Å². The van der Waals surface area contributed by atoms with E-state index < -0.39 is 0 Å². The van der Waals surface area contributed by atoms with E-state index in [0.29, 0.717) is 17.4 Å². The standard InChI is InChI=1S/C13H21BrN4/c1-4-15-12-16-8-10(14)11(18-12)17-9-5-6-13(2,3)7-9/h8-9H,4-7H2,1-3H3,(H2,15,16,17,18).